The Kier molecular flexibility index (Phi) is 6.29. The first-order valence-corrected chi connectivity index (χ1v) is 10.1. The summed E-state index contributed by atoms with van der Waals surface area (Å²) in [5, 5.41) is 1.10. The summed E-state index contributed by atoms with van der Waals surface area (Å²) in [4.78, 5) is 0. The van der Waals surface area contributed by atoms with Crippen LogP contribution in [0, 0.1) is 0 Å². The molecule has 23 heavy (non-hydrogen) atoms. The summed E-state index contributed by atoms with van der Waals surface area (Å²) in [5.41, 5.74) is 1.36. The highest BCUT2D eigenvalue weighted by molar-refractivity contribution is 8.19. The second kappa shape index (κ2) is 8.43. The standard InChI is InChI=1S/C17H16Cl2O2S2/c18-13-3-6-16(15(19)11-13)21-8-7-20-14-4-1-12(2-5-14)17-22-9-10-23-17/h1-6,11,17H,7-10H2. The quantitative estimate of drug-likeness (QED) is 0.572. The molecule has 0 radical (unpaired) electrons. The van der Waals surface area contributed by atoms with Gasteiger partial charge in [0.2, 0.25) is 0 Å². The number of halogens is 2. The molecule has 1 aliphatic rings. The molecule has 3 rings (SSSR count). The third-order valence-electron chi connectivity index (χ3n) is 3.28. The summed E-state index contributed by atoms with van der Waals surface area (Å²) in [6, 6.07) is 13.5. The molecule has 0 saturated carbocycles. The van der Waals surface area contributed by atoms with E-state index in [1.807, 2.05) is 35.7 Å². The maximum atomic E-state index is 6.05. The van der Waals surface area contributed by atoms with Crippen LogP contribution in [0.4, 0.5) is 0 Å². The van der Waals surface area contributed by atoms with Crippen molar-refractivity contribution in [3.63, 3.8) is 0 Å². The molecule has 6 heteroatoms. The lowest BCUT2D eigenvalue weighted by Gasteiger charge is -2.11. The van der Waals surface area contributed by atoms with Crippen LogP contribution in [-0.2, 0) is 0 Å². The predicted molar refractivity (Wildman–Crippen MR) is 102 cm³/mol. The van der Waals surface area contributed by atoms with Gasteiger partial charge < -0.3 is 9.47 Å². The first-order valence-electron chi connectivity index (χ1n) is 7.26. The van der Waals surface area contributed by atoms with Crippen molar-refractivity contribution in [3.8, 4) is 11.5 Å². The Morgan fingerprint density at radius 3 is 2.30 bits per heavy atom. The first kappa shape index (κ1) is 17.2. The lowest BCUT2D eigenvalue weighted by atomic mass is 10.2. The predicted octanol–water partition coefficient (Wildman–Crippen LogP) is 5.93. The van der Waals surface area contributed by atoms with Gasteiger partial charge in [-0.2, -0.15) is 0 Å². The minimum absolute atomic E-state index is 0.428. The number of rotatable bonds is 6. The highest BCUT2D eigenvalue weighted by Crippen LogP contribution is 2.45. The third-order valence-corrected chi connectivity index (χ3v) is 6.91. The van der Waals surface area contributed by atoms with Gasteiger partial charge in [-0.15, -0.1) is 23.5 Å². The van der Waals surface area contributed by atoms with E-state index in [0.29, 0.717) is 33.6 Å². The van der Waals surface area contributed by atoms with E-state index in [9.17, 15) is 0 Å². The number of ether oxygens (including phenoxy) is 2. The molecule has 1 aliphatic heterocycles. The van der Waals surface area contributed by atoms with Crippen molar-refractivity contribution < 1.29 is 9.47 Å². The minimum atomic E-state index is 0.428. The van der Waals surface area contributed by atoms with Crippen molar-refractivity contribution in [2.24, 2.45) is 0 Å². The van der Waals surface area contributed by atoms with Gasteiger partial charge in [0.1, 0.15) is 24.7 Å². The molecule has 1 fully saturated rings. The second-order valence-electron chi connectivity index (χ2n) is 4.91. The lowest BCUT2D eigenvalue weighted by molar-refractivity contribution is 0.217. The van der Waals surface area contributed by atoms with Gasteiger partial charge in [0.15, 0.2) is 0 Å². The molecule has 2 nitrogen and oxygen atoms in total. The van der Waals surface area contributed by atoms with E-state index < -0.39 is 0 Å². The fourth-order valence-electron chi connectivity index (χ4n) is 2.18. The van der Waals surface area contributed by atoms with Crippen molar-refractivity contribution >= 4 is 46.7 Å². The Morgan fingerprint density at radius 1 is 0.913 bits per heavy atom. The van der Waals surface area contributed by atoms with Crippen LogP contribution in [0.2, 0.25) is 10.0 Å². The molecular formula is C17H16Cl2O2S2. The molecule has 0 bridgehead atoms. The Balaban J connectivity index is 1.45. The van der Waals surface area contributed by atoms with E-state index in [1.54, 1.807) is 18.2 Å². The van der Waals surface area contributed by atoms with Crippen LogP contribution in [0.3, 0.4) is 0 Å². The first-order chi connectivity index (χ1) is 11.2. The van der Waals surface area contributed by atoms with Crippen molar-refractivity contribution in [2.75, 3.05) is 24.7 Å². The molecule has 122 valence electrons. The molecule has 0 amide bonds. The summed E-state index contributed by atoms with van der Waals surface area (Å²) in [6.45, 7) is 0.892. The van der Waals surface area contributed by atoms with Crippen LogP contribution in [0.25, 0.3) is 0 Å². The number of thioether (sulfide) groups is 2. The normalized spacial score (nSPS) is 14.9. The van der Waals surface area contributed by atoms with E-state index in [0.717, 1.165) is 5.75 Å². The summed E-state index contributed by atoms with van der Waals surface area (Å²) in [7, 11) is 0. The largest absolute Gasteiger partial charge is 0.490 e. The number of hydrogen-bond acceptors (Lipinski definition) is 4. The second-order valence-corrected chi connectivity index (χ2v) is 8.48. The van der Waals surface area contributed by atoms with Crippen LogP contribution in [0.15, 0.2) is 42.5 Å². The van der Waals surface area contributed by atoms with Gasteiger partial charge in [0.25, 0.3) is 0 Å². The highest BCUT2D eigenvalue weighted by Gasteiger charge is 2.17. The highest BCUT2D eigenvalue weighted by atomic mass is 35.5. The monoisotopic (exact) mass is 386 g/mol. The molecule has 0 atom stereocenters. The molecule has 0 spiro atoms. The molecule has 2 aromatic carbocycles. The van der Waals surface area contributed by atoms with Gasteiger partial charge in [-0.05, 0) is 35.9 Å². The number of benzene rings is 2. The minimum Gasteiger partial charge on any atom is -0.490 e. The van der Waals surface area contributed by atoms with Gasteiger partial charge in [0, 0.05) is 16.5 Å². The summed E-state index contributed by atoms with van der Waals surface area (Å²) >= 11 is 15.9. The van der Waals surface area contributed by atoms with E-state index in [4.69, 9.17) is 32.7 Å². The number of hydrogen-bond donors (Lipinski definition) is 0. The summed E-state index contributed by atoms with van der Waals surface area (Å²) < 4.78 is 11.9. The lowest BCUT2D eigenvalue weighted by Crippen LogP contribution is -2.09. The van der Waals surface area contributed by atoms with Gasteiger partial charge in [-0.1, -0.05) is 35.3 Å². The average molecular weight is 387 g/mol. The zero-order chi connectivity index (χ0) is 16.1. The van der Waals surface area contributed by atoms with Crippen molar-refractivity contribution in [1.82, 2.24) is 0 Å². The zero-order valence-corrected chi connectivity index (χ0v) is 15.5. The summed E-state index contributed by atoms with van der Waals surface area (Å²) in [6.07, 6.45) is 0. The molecule has 0 N–H and O–H groups in total. The van der Waals surface area contributed by atoms with Gasteiger partial charge in [-0.3, -0.25) is 0 Å². The fourth-order valence-corrected chi connectivity index (χ4v) is 5.50. The SMILES string of the molecule is Clc1ccc(OCCOc2ccc(C3SCCS3)cc2)c(Cl)c1. The van der Waals surface area contributed by atoms with E-state index in [1.165, 1.54) is 17.1 Å². The van der Waals surface area contributed by atoms with E-state index in [-0.39, 0.29) is 0 Å². The Labute approximate surface area is 154 Å². The topological polar surface area (TPSA) is 18.5 Å². The third kappa shape index (κ3) is 4.90. The van der Waals surface area contributed by atoms with Crippen LogP contribution in [-0.4, -0.2) is 24.7 Å². The molecule has 0 unspecified atom stereocenters. The van der Waals surface area contributed by atoms with Crippen molar-refractivity contribution in [3.05, 3.63) is 58.1 Å². The average Bonchev–Trinajstić information content (AvgIpc) is 3.08. The molecule has 1 saturated heterocycles. The van der Waals surface area contributed by atoms with Crippen LogP contribution >= 0.6 is 46.7 Å². The van der Waals surface area contributed by atoms with Crippen LogP contribution < -0.4 is 9.47 Å². The van der Waals surface area contributed by atoms with E-state index in [2.05, 4.69) is 12.1 Å². The van der Waals surface area contributed by atoms with E-state index >= 15 is 0 Å². The van der Waals surface area contributed by atoms with Gasteiger partial charge >= 0.3 is 0 Å². The maximum absolute atomic E-state index is 6.05. The zero-order valence-electron chi connectivity index (χ0n) is 12.3. The summed E-state index contributed by atoms with van der Waals surface area (Å²) in [5.74, 6) is 3.94. The molecule has 1 heterocycles. The molecule has 2 aromatic rings. The molecule has 0 aromatic heterocycles. The van der Waals surface area contributed by atoms with Gasteiger partial charge in [-0.25, -0.2) is 0 Å². The van der Waals surface area contributed by atoms with Crippen molar-refractivity contribution in [2.45, 2.75) is 4.58 Å². The van der Waals surface area contributed by atoms with Crippen LogP contribution in [0.1, 0.15) is 10.1 Å². The Hall–Kier alpha value is -0.680. The maximum Gasteiger partial charge on any atom is 0.138 e. The molecular weight excluding hydrogens is 371 g/mol. The van der Waals surface area contributed by atoms with Crippen LogP contribution in [0.5, 0.6) is 11.5 Å². The smallest absolute Gasteiger partial charge is 0.138 e. The Bertz CT molecular complexity index is 644. The fraction of sp³-hybridized carbons (Fsp3) is 0.294. The van der Waals surface area contributed by atoms with Crippen molar-refractivity contribution in [1.29, 1.82) is 0 Å². The Morgan fingerprint density at radius 2 is 1.61 bits per heavy atom. The molecule has 0 aliphatic carbocycles. The van der Waals surface area contributed by atoms with Gasteiger partial charge in [0.05, 0.1) is 9.60 Å².